The van der Waals surface area contributed by atoms with Crippen molar-refractivity contribution in [3.8, 4) is 0 Å². The topological polar surface area (TPSA) is 20.2 Å². The van der Waals surface area contributed by atoms with Gasteiger partial charge in [0.2, 0.25) is 0 Å². The molecule has 1 fully saturated rings. The largest absolute Gasteiger partial charge is 0.396 e. The Hall–Kier alpha value is -0.820. The van der Waals surface area contributed by atoms with Gasteiger partial charge in [0, 0.05) is 6.61 Å². The Bertz CT molecular complexity index is 293. The second kappa shape index (κ2) is 3.74. The number of aliphatic hydroxyl groups is 1. The van der Waals surface area contributed by atoms with Crippen molar-refractivity contribution in [1.29, 1.82) is 0 Å². The van der Waals surface area contributed by atoms with Crippen molar-refractivity contribution in [2.45, 2.75) is 26.2 Å². The Morgan fingerprint density at radius 1 is 1.36 bits per heavy atom. The Morgan fingerprint density at radius 2 is 2.07 bits per heavy atom. The Labute approximate surface area is 85.8 Å². The summed E-state index contributed by atoms with van der Waals surface area (Å²) in [4.78, 5) is 0. The van der Waals surface area contributed by atoms with E-state index >= 15 is 0 Å². The van der Waals surface area contributed by atoms with Crippen molar-refractivity contribution in [2.75, 3.05) is 6.61 Å². The quantitative estimate of drug-likeness (QED) is 0.774. The van der Waals surface area contributed by atoms with Crippen LogP contribution in [0.25, 0.3) is 0 Å². The van der Waals surface area contributed by atoms with Gasteiger partial charge in [0.1, 0.15) is 0 Å². The highest BCUT2D eigenvalue weighted by atomic mass is 16.3. The molecule has 0 bridgehead atoms. The summed E-state index contributed by atoms with van der Waals surface area (Å²) in [6.45, 7) is 2.65. The van der Waals surface area contributed by atoms with E-state index in [1.54, 1.807) is 0 Å². The van der Waals surface area contributed by atoms with E-state index in [2.05, 4.69) is 37.3 Å². The van der Waals surface area contributed by atoms with Crippen molar-refractivity contribution in [2.24, 2.45) is 11.3 Å². The summed E-state index contributed by atoms with van der Waals surface area (Å²) >= 11 is 0. The summed E-state index contributed by atoms with van der Waals surface area (Å²) in [5.41, 5.74) is 1.84. The molecule has 76 valence electrons. The molecule has 0 heterocycles. The zero-order chi connectivity index (χ0) is 10.0. The molecule has 0 aromatic heterocycles. The lowest BCUT2D eigenvalue weighted by molar-refractivity contribution is 0.250. The van der Waals surface area contributed by atoms with Gasteiger partial charge < -0.3 is 5.11 Å². The van der Waals surface area contributed by atoms with Gasteiger partial charge in [-0.25, -0.2) is 0 Å². The van der Waals surface area contributed by atoms with Gasteiger partial charge >= 0.3 is 0 Å². The molecule has 14 heavy (non-hydrogen) atoms. The van der Waals surface area contributed by atoms with Crippen LogP contribution in [0, 0.1) is 11.3 Å². The molecule has 2 unspecified atom stereocenters. The van der Waals surface area contributed by atoms with Crippen molar-refractivity contribution in [1.82, 2.24) is 0 Å². The van der Waals surface area contributed by atoms with Crippen molar-refractivity contribution in [3.05, 3.63) is 35.9 Å². The molecule has 0 amide bonds. The monoisotopic (exact) mass is 190 g/mol. The first-order chi connectivity index (χ1) is 6.74. The molecule has 2 atom stereocenters. The van der Waals surface area contributed by atoms with Crippen LogP contribution in [0.15, 0.2) is 30.3 Å². The normalized spacial score (nSPS) is 30.3. The summed E-state index contributed by atoms with van der Waals surface area (Å²) in [7, 11) is 0. The number of hydrogen-bond acceptors (Lipinski definition) is 1. The maximum atomic E-state index is 9.04. The molecule has 1 nitrogen and oxygen atoms in total. The van der Waals surface area contributed by atoms with Crippen LogP contribution < -0.4 is 0 Å². The lowest BCUT2D eigenvalue weighted by atomic mass is 9.96. The first kappa shape index (κ1) is 9.72. The van der Waals surface area contributed by atoms with Gasteiger partial charge in [-0.3, -0.25) is 0 Å². The summed E-state index contributed by atoms with van der Waals surface area (Å²) in [5.74, 6) is 0.561. The van der Waals surface area contributed by atoms with E-state index in [4.69, 9.17) is 5.11 Å². The molecule has 1 aliphatic carbocycles. The zero-order valence-electron chi connectivity index (χ0n) is 8.74. The third-order valence-corrected chi connectivity index (χ3v) is 3.59. The lowest BCUT2D eigenvalue weighted by Gasteiger charge is -2.09. The standard InChI is InChI=1S/C13H18O/c1-13(9-12(13)10-14)8-7-11-5-3-2-4-6-11/h2-6,12,14H,7-10H2,1H3. The van der Waals surface area contributed by atoms with Crippen LogP contribution in [0.5, 0.6) is 0 Å². The summed E-state index contributed by atoms with van der Waals surface area (Å²) in [6, 6.07) is 10.6. The molecular formula is C13H18O. The highest BCUT2D eigenvalue weighted by Gasteiger charge is 2.48. The summed E-state index contributed by atoms with van der Waals surface area (Å²) in [5, 5.41) is 9.04. The average Bonchev–Trinajstić information content (AvgIpc) is 2.89. The molecule has 1 N–H and O–H groups in total. The second-order valence-corrected chi connectivity index (χ2v) is 4.72. The van der Waals surface area contributed by atoms with E-state index in [9.17, 15) is 0 Å². The molecule has 0 saturated heterocycles. The maximum Gasteiger partial charge on any atom is 0.0464 e. The Kier molecular flexibility index (Phi) is 2.60. The van der Waals surface area contributed by atoms with Crippen LogP contribution in [0.1, 0.15) is 25.3 Å². The summed E-state index contributed by atoms with van der Waals surface area (Å²) in [6.07, 6.45) is 3.56. The minimum Gasteiger partial charge on any atom is -0.396 e. The molecule has 2 rings (SSSR count). The van der Waals surface area contributed by atoms with E-state index < -0.39 is 0 Å². The number of aryl methyl sites for hydroxylation is 1. The summed E-state index contributed by atoms with van der Waals surface area (Å²) < 4.78 is 0. The minimum absolute atomic E-state index is 0.366. The third kappa shape index (κ3) is 1.98. The van der Waals surface area contributed by atoms with Gasteiger partial charge in [-0.2, -0.15) is 0 Å². The Balaban J connectivity index is 1.84. The Morgan fingerprint density at radius 3 is 2.64 bits per heavy atom. The van der Waals surface area contributed by atoms with Crippen LogP contribution >= 0.6 is 0 Å². The van der Waals surface area contributed by atoms with Gasteiger partial charge in [0.05, 0.1) is 0 Å². The fourth-order valence-corrected chi connectivity index (χ4v) is 2.17. The fourth-order valence-electron chi connectivity index (χ4n) is 2.17. The van der Waals surface area contributed by atoms with Gasteiger partial charge in [-0.1, -0.05) is 37.3 Å². The average molecular weight is 190 g/mol. The van der Waals surface area contributed by atoms with E-state index in [0.29, 0.717) is 17.9 Å². The van der Waals surface area contributed by atoms with Gasteiger partial charge in [-0.05, 0) is 36.2 Å². The lowest BCUT2D eigenvalue weighted by Crippen LogP contribution is -2.03. The van der Waals surface area contributed by atoms with Gasteiger partial charge in [0.25, 0.3) is 0 Å². The van der Waals surface area contributed by atoms with E-state index in [1.165, 1.54) is 18.4 Å². The van der Waals surface area contributed by atoms with Crippen LogP contribution in [-0.4, -0.2) is 11.7 Å². The fraction of sp³-hybridized carbons (Fsp3) is 0.538. The predicted octanol–water partition coefficient (Wildman–Crippen LogP) is 2.64. The van der Waals surface area contributed by atoms with E-state index in [0.717, 1.165) is 6.42 Å². The van der Waals surface area contributed by atoms with Crippen LogP contribution in [0.3, 0.4) is 0 Å². The van der Waals surface area contributed by atoms with Crippen LogP contribution in [0.4, 0.5) is 0 Å². The highest BCUT2D eigenvalue weighted by Crippen LogP contribution is 2.54. The maximum absolute atomic E-state index is 9.04. The molecule has 1 aromatic rings. The molecule has 1 heteroatoms. The number of hydrogen-bond donors (Lipinski definition) is 1. The van der Waals surface area contributed by atoms with Crippen molar-refractivity contribution >= 4 is 0 Å². The number of rotatable bonds is 4. The van der Waals surface area contributed by atoms with Gasteiger partial charge in [0.15, 0.2) is 0 Å². The molecule has 0 radical (unpaired) electrons. The predicted molar refractivity (Wildman–Crippen MR) is 58.1 cm³/mol. The molecule has 0 aliphatic heterocycles. The van der Waals surface area contributed by atoms with Gasteiger partial charge in [-0.15, -0.1) is 0 Å². The minimum atomic E-state index is 0.366. The second-order valence-electron chi connectivity index (χ2n) is 4.72. The first-order valence-corrected chi connectivity index (χ1v) is 5.39. The molecule has 1 aromatic carbocycles. The highest BCUT2D eigenvalue weighted by molar-refractivity contribution is 5.15. The number of aliphatic hydroxyl groups excluding tert-OH is 1. The number of benzene rings is 1. The SMILES string of the molecule is CC1(CCc2ccccc2)CC1CO. The zero-order valence-corrected chi connectivity index (χ0v) is 8.74. The third-order valence-electron chi connectivity index (χ3n) is 3.59. The molecule has 0 spiro atoms. The van der Waals surface area contributed by atoms with E-state index in [1.807, 2.05) is 0 Å². The first-order valence-electron chi connectivity index (χ1n) is 5.39. The van der Waals surface area contributed by atoms with Crippen molar-refractivity contribution in [3.63, 3.8) is 0 Å². The smallest absolute Gasteiger partial charge is 0.0464 e. The molecular weight excluding hydrogens is 172 g/mol. The van der Waals surface area contributed by atoms with Crippen LogP contribution in [0.2, 0.25) is 0 Å². The van der Waals surface area contributed by atoms with E-state index in [-0.39, 0.29) is 0 Å². The van der Waals surface area contributed by atoms with Crippen LogP contribution in [-0.2, 0) is 6.42 Å². The molecule has 1 aliphatic rings. The van der Waals surface area contributed by atoms with Crippen molar-refractivity contribution < 1.29 is 5.11 Å². The molecule has 1 saturated carbocycles.